The van der Waals surface area contributed by atoms with Crippen LogP contribution in [0.5, 0.6) is 5.88 Å². The molecule has 0 spiro atoms. The van der Waals surface area contributed by atoms with Gasteiger partial charge in [-0.15, -0.1) is 0 Å². The number of nitriles is 1. The van der Waals surface area contributed by atoms with Crippen LogP contribution in [0.4, 0.5) is 0 Å². The molecule has 1 saturated heterocycles. The summed E-state index contributed by atoms with van der Waals surface area (Å²) >= 11 is 0. The van der Waals surface area contributed by atoms with Gasteiger partial charge in [-0.25, -0.2) is 13.4 Å². The number of fused-ring (bicyclic) bond motifs is 1. The molecule has 1 N–H and O–H groups in total. The average Bonchev–Trinajstić information content (AvgIpc) is 3.34. The van der Waals surface area contributed by atoms with Crippen molar-refractivity contribution in [3.8, 4) is 11.9 Å². The van der Waals surface area contributed by atoms with E-state index in [0.29, 0.717) is 34.6 Å². The summed E-state index contributed by atoms with van der Waals surface area (Å²) < 4.78 is 34.8. The molecule has 3 heterocycles. The smallest absolute Gasteiger partial charge is 0.309 e. The second kappa shape index (κ2) is 8.80. The third-order valence-corrected chi connectivity index (χ3v) is 7.54. The summed E-state index contributed by atoms with van der Waals surface area (Å²) in [6.07, 6.45) is 1.02. The summed E-state index contributed by atoms with van der Waals surface area (Å²) in [6.45, 7) is 4.61. The molecule has 4 rings (SSSR count). The second-order valence-corrected chi connectivity index (χ2v) is 9.88. The van der Waals surface area contributed by atoms with Gasteiger partial charge >= 0.3 is 5.97 Å². The summed E-state index contributed by atoms with van der Waals surface area (Å²) in [6, 6.07) is 9.72. The first-order chi connectivity index (χ1) is 15.7. The second-order valence-electron chi connectivity index (χ2n) is 7.94. The van der Waals surface area contributed by atoms with Crippen molar-refractivity contribution < 1.29 is 23.1 Å². The summed E-state index contributed by atoms with van der Waals surface area (Å²) in [4.78, 5) is 15.5. The van der Waals surface area contributed by atoms with Gasteiger partial charge < -0.3 is 9.84 Å². The van der Waals surface area contributed by atoms with Gasteiger partial charge in [-0.05, 0) is 37.1 Å². The molecule has 0 saturated carbocycles. The van der Waals surface area contributed by atoms with E-state index in [1.807, 2.05) is 13.8 Å². The predicted molar refractivity (Wildman–Crippen MR) is 118 cm³/mol. The van der Waals surface area contributed by atoms with Gasteiger partial charge in [-0.3, -0.25) is 9.48 Å². The van der Waals surface area contributed by atoms with Gasteiger partial charge in [0, 0.05) is 24.5 Å². The summed E-state index contributed by atoms with van der Waals surface area (Å²) in [5.74, 6) is -0.758. The Labute approximate surface area is 191 Å². The average molecular weight is 470 g/mol. The lowest BCUT2D eigenvalue weighted by Crippen LogP contribution is -2.29. The first-order valence-electron chi connectivity index (χ1n) is 10.5. The van der Waals surface area contributed by atoms with E-state index in [4.69, 9.17) is 4.74 Å². The summed E-state index contributed by atoms with van der Waals surface area (Å²) in [5.41, 5.74) is 1.41. The monoisotopic (exact) mass is 469 g/mol. The zero-order chi connectivity index (χ0) is 23.8. The fourth-order valence-electron chi connectivity index (χ4n) is 4.12. The molecule has 0 amide bonds. The zero-order valence-corrected chi connectivity index (χ0v) is 19.0. The molecule has 11 heteroatoms. The first-order valence-corrected chi connectivity index (χ1v) is 11.9. The minimum Gasteiger partial charge on any atom is -0.481 e. The van der Waals surface area contributed by atoms with Gasteiger partial charge in [0.05, 0.1) is 48.1 Å². The number of ether oxygens (including phenoxy) is 1. The number of hydrogen-bond donors (Lipinski definition) is 1. The topological polar surface area (TPSA) is 138 Å². The number of rotatable bonds is 7. The number of nitrogens with zero attached hydrogens (tertiary/aromatic N) is 5. The van der Waals surface area contributed by atoms with Crippen molar-refractivity contribution in [2.75, 3.05) is 19.7 Å². The van der Waals surface area contributed by atoms with E-state index in [9.17, 15) is 23.6 Å². The Balaban J connectivity index is 1.68. The summed E-state index contributed by atoms with van der Waals surface area (Å²) in [7, 11) is -3.79. The molecule has 10 nitrogen and oxygen atoms in total. The molecule has 172 valence electrons. The Morgan fingerprint density at radius 2 is 2.09 bits per heavy atom. The van der Waals surface area contributed by atoms with Crippen molar-refractivity contribution in [3.05, 3.63) is 47.8 Å². The molecule has 0 bridgehead atoms. The van der Waals surface area contributed by atoms with E-state index in [1.54, 1.807) is 22.9 Å². The minimum absolute atomic E-state index is 0.0717. The molecule has 2 atom stereocenters. The van der Waals surface area contributed by atoms with Crippen molar-refractivity contribution in [1.29, 1.82) is 5.26 Å². The molecule has 1 aliphatic rings. The quantitative estimate of drug-likeness (QED) is 0.556. The number of carboxylic acids is 1. The number of benzene rings is 1. The maximum atomic E-state index is 13.2. The number of sulfonamides is 1. The highest BCUT2D eigenvalue weighted by Crippen LogP contribution is 2.35. The molecule has 0 radical (unpaired) electrons. The van der Waals surface area contributed by atoms with Gasteiger partial charge in [0.2, 0.25) is 15.9 Å². The van der Waals surface area contributed by atoms with E-state index < -0.39 is 16.0 Å². The molecule has 33 heavy (non-hydrogen) atoms. The Hall–Kier alpha value is -3.49. The number of carboxylic acid groups (broad SMARTS) is 1. The highest BCUT2D eigenvalue weighted by Gasteiger charge is 2.39. The van der Waals surface area contributed by atoms with Crippen molar-refractivity contribution in [1.82, 2.24) is 19.1 Å². The van der Waals surface area contributed by atoms with Crippen LogP contribution in [0.3, 0.4) is 0 Å². The van der Waals surface area contributed by atoms with Crippen LogP contribution in [0.1, 0.15) is 31.1 Å². The van der Waals surface area contributed by atoms with E-state index in [2.05, 4.69) is 16.2 Å². The fourth-order valence-corrected chi connectivity index (χ4v) is 5.63. The number of aromatic nitrogens is 3. The number of hydrogen-bond acceptors (Lipinski definition) is 7. The Morgan fingerprint density at radius 3 is 2.73 bits per heavy atom. The molecule has 0 unspecified atom stereocenters. The molecule has 3 aromatic rings. The van der Waals surface area contributed by atoms with Crippen LogP contribution in [0.15, 0.2) is 41.4 Å². The maximum Gasteiger partial charge on any atom is 0.309 e. The van der Waals surface area contributed by atoms with Crippen LogP contribution in [0.2, 0.25) is 0 Å². The van der Waals surface area contributed by atoms with E-state index in [-0.39, 0.29) is 36.4 Å². The molecular weight excluding hydrogens is 446 g/mol. The number of pyridine rings is 1. The van der Waals surface area contributed by atoms with Gasteiger partial charge in [-0.2, -0.15) is 14.7 Å². The first kappa shape index (κ1) is 22.7. The van der Waals surface area contributed by atoms with Crippen molar-refractivity contribution in [2.24, 2.45) is 5.92 Å². The van der Waals surface area contributed by atoms with Crippen LogP contribution < -0.4 is 4.74 Å². The number of carbonyl (C=O) groups is 1. The zero-order valence-electron chi connectivity index (χ0n) is 18.2. The Kier molecular flexibility index (Phi) is 6.05. The third kappa shape index (κ3) is 4.27. The van der Waals surface area contributed by atoms with Crippen LogP contribution in [-0.2, 0) is 21.2 Å². The van der Waals surface area contributed by atoms with Gasteiger partial charge in [-0.1, -0.05) is 6.92 Å². The van der Waals surface area contributed by atoms with Gasteiger partial charge in [0.15, 0.2) is 0 Å². The molecular formula is C22H23N5O5S. The van der Waals surface area contributed by atoms with Crippen LogP contribution >= 0.6 is 0 Å². The standard InChI is InChI=1S/C22H23N5O5S/c1-3-32-21-7-5-16(11-24-21)33(30,31)26-12-14(2)20(13-26)27-19-8-15(10-23)4-6-17(19)18(25-27)9-22(28)29/h4-8,11,14,20H,3,9,12-13H2,1-2H3,(H,28,29)/t14-,20+/m1/s1. The lowest BCUT2D eigenvalue weighted by molar-refractivity contribution is -0.136. The molecule has 0 aliphatic carbocycles. The van der Waals surface area contributed by atoms with Crippen molar-refractivity contribution in [2.45, 2.75) is 31.2 Å². The highest BCUT2D eigenvalue weighted by molar-refractivity contribution is 7.89. The predicted octanol–water partition coefficient (Wildman–Crippen LogP) is 2.21. The minimum atomic E-state index is -3.79. The Morgan fingerprint density at radius 1 is 1.30 bits per heavy atom. The van der Waals surface area contributed by atoms with Crippen LogP contribution in [0.25, 0.3) is 10.9 Å². The van der Waals surface area contributed by atoms with Crippen LogP contribution in [0, 0.1) is 17.2 Å². The normalized spacial score (nSPS) is 18.9. The molecule has 1 fully saturated rings. The van der Waals surface area contributed by atoms with Crippen molar-refractivity contribution >= 4 is 26.9 Å². The fraction of sp³-hybridized carbons (Fsp3) is 0.364. The van der Waals surface area contributed by atoms with E-state index >= 15 is 0 Å². The third-order valence-electron chi connectivity index (χ3n) is 5.72. The summed E-state index contributed by atoms with van der Waals surface area (Å²) in [5, 5.41) is 23.8. The molecule has 1 aromatic carbocycles. The molecule has 2 aromatic heterocycles. The largest absolute Gasteiger partial charge is 0.481 e. The Bertz CT molecular complexity index is 1340. The van der Waals surface area contributed by atoms with Crippen molar-refractivity contribution in [3.63, 3.8) is 0 Å². The van der Waals surface area contributed by atoms with Crippen LogP contribution in [-0.4, -0.2) is 58.3 Å². The van der Waals surface area contributed by atoms with E-state index in [1.165, 1.54) is 22.6 Å². The molecule has 1 aliphatic heterocycles. The number of aliphatic carboxylic acids is 1. The lowest BCUT2D eigenvalue weighted by Gasteiger charge is -2.17. The van der Waals surface area contributed by atoms with Gasteiger partial charge in [0.25, 0.3) is 0 Å². The lowest BCUT2D eigenvalue weighted by atomic mass is 10.1. The highest BCUT2D eigenvalue weighted by atomic mass is 32.2. The SMILES string of the molecule is CCOc1ccc(S(=O)(=O)N2C[C@@H](C)[C@@H](n3nc(CC(=O)O)c4ccc(C#N)cc43)C2)cn1. The maximum absolute atomic E-state index is 13.2. The van der Waals surface area contributed by atoms with E-state index in [0.717, 1.165) is 0 Å². The van der Waals surface area contributed by atoms with Gasteiger partial charge in [0.1, 0.15) is 4.90 Å².